The highest BCUT2D eigenvalue weighted by Gasteiger charge is 2.35. The van der Waals surface area contributed by atoms with Gasteiger partial charge in [0.2, 0.25) is 0 Å². The minimum atomic E-state index is -0.573. The number of amides is 1. The topological polar surface area (TPSA) is 67.9 Å². The summed E-state index contributed by atoms with van der Waals surface area (Å²) in [5.41, 5.74) is 0. The summed E-state index contributed by atoms with van der Waals surface area (Å²) in [4.78, 5) is 22.8. The molecule has 1 rings (SSSR count). The van der Waals surface area contributed by atoms with Crippen LogP contribution in [0.3, 0.4) is 0 Å². The summed E-state index contributed by atoms with van der Waals surface area (Å²) in [6.07, 6.45) is 0.423. The molecule has 0 radical (unpaired) electrons. The summed E-state index contributed by atoms with van der Waals surface area (Å²) in [6, 6.07) is -0.573. The van der Waals surface area contributed by atoms with Crippen LogP contribution in [0.2, 0.25) is 0 Å². The number of carbonyl (C=O) groups excluding carboxylic acids is 2. The van der Waals surface area contributed by atoms with E-state index in [1.807, 2.05) is 13.8 Å². The molecule has 5 nitrogen and oxygen atoms in total. The van der Waals surface area contributed by atoms with Gasteiger partial charge in [0.15, 0.2) is 6.10 Å². The third kappa shape index (κ3) is 3.20. The smallest absolute Gasteiger partial charge is 0.328 e. The van der Waals surface area contributed by atoms with Crippen molar-refractivity contribution < 1.29 is 19.1 Å². The average Bonchev–Trinajstić information content (AvgIpc) is 3.07. The lowest BCUT2D eigenvalue weighted by molar-refractivity contribution is -0.146. The van der Waals surface area contributed by atoms with Crippen LogP contribution in [0.4, 0.5) is 0 Å². The zero-order valence-corrected chi connectivity index (χ0v) is 9.28. The molecular formula is C10H17NO4. The van der Waals surface area contributed by atoms with Crippen LogP contribution in [0.5, 0.6) is 0 Å². The van der Waals surface area contributed by atoms with Crippen molar-refractivity contribution >= 4 is 11.9 Å². The average molecular weight is 215 g/mol. The Labute approximate surface area is 89.1 Å². The molecule has 15 heavy (non-hydrogen) atoms. The molecule has 0 bridgehead atoms. The van der Waals surface area contributed by atoms with E-state index >= 15 is 0 Å². The number of rotatable bonds is 5. The monoisotopic (exact) mass is 215 g/mol. The lowest BCUT2D eigenvalue weighted by Gasteiger charge is -2.21. The van der Waals surface area contributed by atoms with Gasteiger partial charge in [-0.3, -0.25) is 4.79 Å². The normalized spacial score (nSPS) is 22.7. The fraction of sp³-hybridized carbons (Fsp3) is 0.800. The molecule has 1 heterocycles. The van der Waals surface area contributed by atoms with Crippen molar-refractivity contribution in [2.24, 2.45) is 5.92 Å². The van der Waals surface area contributed by atoms with Gasteiger partial charge < -0.3 is 14.8 Å². The quantitative estimate of drug-likeness (QED) is 0.521. The van der Waals surface area contributed by atoms with Crippen LogP contribution < -0.4 is 5.32 Å². The van der Waals surface area contributed by atoms with Crippen LogP contribution in [0.25, 0.3) is 0 Å². The minimum absolute atomic E-state index is 0.0557. The van der Waals surface area contributed by atoms with Gasteiger partial charge >= 0.3 is 5.97 Å². The summed E-state index contributed by atoms with van der Waals surface area (Å²) in [5, 5.41) is 2.64. The van der Waals surface area contributed by atoms with Gasteiger partial charge in [-0.25, -0.2) is 4.79 Å². The largest absolute Gasteiger partial charge is 0.467 e. The Hall–Kier alpha value is -1.10. The molecule has 1 aliphatic heterocycles. The highest BCUT2D eigenvalue weighted by atomic mass is 16.6. The predicted octanol–water partition coefficient (Wildman–Crippen LogP) is 0.0891. The zero-order valence-electron chi connectivity index (χ0n) is 9.28. The van der Waals surface area contributed by atoms with Crippen LogP contribution in [0, 0.1) is 5.92 Å². The Kier molecular flexibility index (Phi) is 4.08. The first-order valence-electron chi connectivity index (χ1n) is 5.10. The van der Waals surface area contributed by atoms with Gasteiger partial charge in [-0.1, -0.05) is 20.3 Å². The van der Waals surface area contributed by atoms with Crippen molar-refractivity contribution in [2.75, 3.05) is 13.7 Å². The maximum absolute atomic E-state index is 11.4. The molecule has 1 saturated heterocycles. The number of ether oxygens (including phenoxy) is 2. The van der Waals surface area contributed by atoms with Gasteiger partial charge in [0.25, 0.3) is 5.91 Å². The molecule has 1 amide bonds. The third-order valence-electron chi connectivity index (χ3n) is 2.59. The number of esters is 1. The summed E-state index contributed by atoms with van der Waals surface area (Å²) >= 11 is 0. The van der Waals surface area contributed by atoms with E-state index in [9.17, 15) is 9.59 Å². The summed E-state index contributed by atoms with van der Waals surface area (Å²) in [6.45, 7) is 4.30. The number of hydrogen-bond donors (Lipinski definition) is 1. The maximum atomic E-state index is 11.4. The number of methoxy groups -OCH3 is 1. The van der Waals surface area contributed by atoms with E-state index in [1.165, 1.54) is 7.11 Å². The standard InChI is InChI=1S/C10H17NO4/c1-4-6(2)8(10(13)14-3)11-9(12)7-5-15-7/h6-8H,4-5H2,1-3H3,(H,11,12)/t6-,7+,8-/m0/s1. The first-order chi connectivity index (χ1) is 7.10. The highest BCUT2D eigenvalue weighted by Crippen LogP contribution is 2.13. The van der Waals surface area contributed by atoms with Crippen molar-refractivity contribution in [3.8, 4) is 0 Å². The molecule has 0 aromatic heterocycles. The Morgan fingerprint density at radius 1 is 1.60 bits per heavy atom. The molecule has 1 N–H and O–H groups in total. The third-order valence-corrected chi connectivity index (χ3v) is 2.59. The summed E-state index contributed by atoms with van der Waals surface area (Å²) in [5.74, 6) is -0.579. The van der Waals surface area contributed by atoms with Crippen LogP contribution in [-0.2, 0) is 19.1 Å². The summed E-state index contributed by atoms with van der Waals surface area (Å²) < 4.78 is 9.48. The van der Waals surface area contributed by atoms with Crippen molar-refractivity contribution in [1.29, 1.82) is 0 Å². The minimum Gasteiger partial charge on any atom is -0.467 e. The molecular weight excluding hydrogens is 198 g/mol. The van der Waals surface area contributed by atoms with Crippen molar-refractivity contribution in [3.05, 3.63) is 0 Å². The molecule has 0 spiro atoms. The highest BCUT2D eigenvalue weighted by molar-refractivity contribution is 5.88. The second-order valence-corrected chi connectivity index (χ2v) is 3.72. The van der Waals surface area contributed by atoms with Gasteiger partial charge in [-0.2, -0.15) is 0 Å². The van der Waals surface area contributed by atoms with E-state index in [-0.39, 0.29) is 17.9 Å². The SMILES string of the molecule is CC[C@H](C)[C@H](NC(=O)[C@H]1CO1)C(=O)OC. The van der Waals surface area contributed by atoms with Gasteiger partial charge in [0, 0.05) is 0 Å². The van der Waals surface area contributed by atoms with E-state index in [1.54, 1.807) is 0 Å². The van der Waals surface area contributed by atoms with E-state index < -0.39 is 12.0 Å². The van der Waals surface area contributed by atoms with Gasteiger partial charge in [0.1, 0.15) is 6.04 Å². The molecule has 3 atom stereocenters. The molecule has 1 fully saturated rings. The predicted molar refractivity (Wildman–Crippen MR) is 53.1 cm³/mol. The number of carbonyl (C=O) groups is 2. The Morgan fingerprint density at radius 3 is 2.60 bits per heavy atom. The fourth-order valence-corrected chi connectivity index (χ4v) is 1.24. The van der Waals surface area contributed by atoms with E-state index in [0.29, 0.717) is 6.61 Å². The van der Waals surface area contributed by atoms with Crippen LogP contribution >= 0.6 is 0 Å². The van der Waals surface area contributed by atoms with Gasteiger partial charge in [-0.15, -0.1) is 0 Å². The molecule has 0 unspecified atom stereocenters. The molecule has 0 aromatic carbocycles. The number of epoxide rings is 1. The fourth-order valence-electron chi connectivity index (χ4n) is 1.24. The molecule has 86 valence electrons. The van der Waals surface area contributed by atoms with Crippen molar-refractivity contribution in [1.82, 2.24) is 5.32 Å². The van der Waals surface area contributed by atoms with Crippen molar-refractivity contribution in [2.45, 2.75) is 32.4 Å². The lowest BCUT2D eigenvalue weighted by atomic mass is 9.99. The van der Waals surface area contributed by atoms with Gasteiger partial charge in [0.05, 0.1) is 13.7 Å². The Morgan fingerprint density at radius 2 is 2.20 bits per heavy atom. The molecule has 0 saturated carbocycles. The number of nitrogens with one attached hydrogen (secondary N) is 1. The van der Waals surface area contributed by atoms with Crippen LogP contribution in [0.1, 0.15) is 20.3 Å². The Bertz CT molecular complexity index is 250. The van der Waals surface area contributed by atoms with E-state index in [2.05, 4.69) is 10.1 Å². The molecule has 0 aromatic rings. The van der Waals surface area contributed by atoms with Crippen LogP contribution in [0.15, 0.2) is 0 Å². The summed E-state index contributed by atoms with van der Waals surface area (Å²) in [7, 11) is 1.32. The maximum Gasteiger partial charge on any atom is 0.328 e. The first kappa shape index (κ1) is 12.0. The lowest BCUT2D eigenvalue weighted by Crippen LogP contribution is -2.47. The van der Waals surface area contributed by atoms with E-state index in [0.717, 1.165) is 6.42 Å². The van der Waals surface area contributed by atoms with E-state index in [4.69, 9.17) is 4.74 Å². The molecule has 0 aliphatic carbocycles. The second-order valence-electron chi connectivity index (χ2n) is 3.72. The second kappa shape index (κ2) is 5.11. The van der Waals surface area contributed by atoms with Crippen molar-refractivity contribution in [3.63, 3.8) is 0 Å². The molecule has 5 heteroatoms. The van der Waals surface area contributed by atoms with Gasteiger partial charge in [-0.05, 0) is 5.92 Å². The molecule has 1 aliphatic rings. The number of hydrogen-bond acceptors (Lipinski definition) is 4. The zero-order chi connectivity index (χ0) is 11.4. The Balaban J connectivity index is 2.54. The van der Waals surface area contributed by atoms with Crippen LogP contribution in [-0.4, -0.2) is 37.7 Å². The first-order valence-corrected chi connectivity index (χ1v) is 5.10.